The quantitative estimate of drug-likeness (QED) is 0.258. The van der Waals surface area contributed by atoms with E-state index in [0.29, 0.717) is 24.9 Å². The molecule has 35 heavy (non-hydrogen) atoms. The maximum atomic E-state index is 10.3. The van der Waals surface area contributed by atoms with Crippen LogP contribution in [0, 0.1) is 6.92 Å². The first-order valence-corrected chi connectivity index (χ1v) is 12.3. The fraction of sp³-hybridized carbons (Fsp3) is 0.407. The van der Waals surface area contributed by atoms with Crippen molar-refractivity contribution in [3.8, 4) is 11.5 Å². The first kappa shape index (κ1) is 26.2. The molecule has 0 radical (unpaired) electrons. The highest BCUT2D eigenvalue weighted by molar-refractivity contribution is 5.62. The highest BCUT2D eigenvalue weighted by atomic mass is 16.3. The van der Waals surface area contributed by atoms with Gasteiger partial charge in [0.15, 0.2) is 0 Å². The van der Waals surface area contributed by atoms with Gasteiger partial charge < -0.3 is 20.8 Å². The van der Waals surface area contributed by atoms with Crippen molar-refractivity contribution in [2.24, 2.45) is 0 Å². The molecule has 188 valence electrons. The van der Waals surface area contributed by atoms with Gasteiger partial charge in [-0.2, -0.15) is 4.98 Å². The number of nitrogens with zero attached hydrogens (tertiary/aromatic N) is 4. The SMILES string of the molecule is CCN(CC)Cc1cc(Nc2cc(C)nc(Nc3ccc(O)c(CN(CC)CC)c3)n2)ccc1O. The van der Waals surface area contributed by atoms with E-state index in [1.165, 1.54) is 0 Å². The minimum atomic E-state index is 0.280. The maximum absolute atomic E-state index is 10.3. The van der Waals surface area contributed by atoms with Crippen molar-refractivity contribution in [3.05, 3.63) is 59.3 Å². The summed E-state index contributed by atoms with van der Waals surface area (Å²) in [5.74, 6) is 1.69. The molecule has 3 aromatic rings. The monoisotopic (exact) mass is 478 g/mol. The van der Waals surface area contributed by atoms with Gasteiger partial charge in [0.1, 0.15) is 17.3 Å². The average Bonchev–Trinajstić information content (AvgIpc) is 2.84. The zero-order valence-electron chi connectivity index (χ0n) is 21.5. The number of nitrogens with one attached hydrogen (secondary N) is 2. The summed E-state index contributed by atoms with van der Waals surface area (Å²) in [6.07, 6.45) is 0. The number of hydrogen-bond acceptors (Lipinski definition) is 8. The van der Waals surface area contributed by atoms with E-state index in [4.69, 9.17) is 0 Å². The Labute approximate surface area is 208 Å². The Morgan fingerprint density at radius 2 is 1.17 bits per heavy atom. The fourth-order valence-electron chi connectivity index (χ4n) is 3.92. The molecule has 8 nitrogen and oxygen atoms in total. The molecule has 3 rings (SSSR count). The Hall–Kier alpha value is -3.36. The molecule has 4 N–H and O–H groups in total. The Balaban J connectivity index is 1.79. The molecule has 0 aliphatic carbocycles. The second kappa shape index (κ2) is 12.4. The summed E-state index contributed by atoms with van der Waals surface area (Å²) < 4.78 is 0. The lowest BCUT2D eigenvalue weighted by Crippen LogP contribution is -2.22. The summed E-state index contributed by atoms with van der Waals surface area (Å²) in [7, 11) is 0. The third-order valence-corrected chi connectivity index (χ3v) is 6.12. The van der Waals surface area contributed by atoms with Crippen molar-refractivity contribution in [2.45, 2.75) is 47.7 Å². The molecular weight excluding hydrogens is 440 g/mol. The fourth-order valence-corrected chi connectivity index (χ4v) is 3.92. The van der Waals surface area contributed by atoms with Crippen molar-refractivity contribution >= 4 is 23.1 Å². The van der Waals surface area contributed by atoms with Gasteiger partial charge in [-0.15, -0.1) is 0 Å². The zero-order chi connectivity index (χ0) is 25.4. The third-order valence-electron chi connectivity index (χ3n) is 6.12. The standard InChI is InChI=1S/C27H38N6O2/c1-6-32(7-2)17-20-15-22(10-12-24(20)34)29-26-14-19(5)28-27(31-26)30-23-11-13-25(35)21(16-23)18-33(8-3)9-4/h10-16,34-35H,6-9,17-18H2,1-5H3,(H2,28,29,30,31). The van der Waals surface area contributed by atoms with Crippen LogP contribution in [-0.2, 0) is 13.1 Å². The maximum Gasteiger partial charge on any atom is 0.229 e. The second-order valence-electron chi connectivity index (χ2n) is 8.58. The predicted octanol–water partition coefficient (Wildman–Crippen LogP) is 5.37. The number of hydrogen-bond donors (Lipinski definition) is 4. The highest BCUT2D eigenvalue weighted by Crippen LogP contribution is 2.27. The van der Waals surface area contributed by atoms with Gasteiger partial charge in [-0.05, 0) is 69.5 Å². The van der Waals surface area contributed by atoms with Crippen LogP contribution in [0.25, 0.3) is 0 Å². The number of rotatable bonds is 12. The molecule has 8 heteroatoms. The van der Waals surface area contributed by atoms with Gasteiger partial charge in [0.25, 0.3) is 0 Å². The summed E-state index contributed by atoms with van der Waals surface area (Å²) >= 11 is 0. The normalized spacial score (nSPS) is 11.3. The Bertz CT molecular complexity index is 1030. The molecule has 1 aromatic heterocycles. The van der Waals surface area contributed by atoms with Crippen LogP contribution in [0.3, 0.4) is 0 Å². The van der Waals surface area contributed by atoms with E-state index in [9.17, 15) is 10.2 Å². The van der Waals surface area contributed by atoms with E-state index >= 15 is 0 Å². The van der Waals surface area contributed by atoms with E-state index in [1.54, 1.807) is 12.1 Å². The van der Waals surface area contributed by atoms with Crippen LogP contribution >= 0.6 is 0 Å². The molecule has 0 spiro atoms. The van der Waals surface area contributed by atoms with Crippen LogP contribution in [0.15, 0.2) is 42.5 Å². The molecular formula is C27H38N6O2. The first-order chi connectivity index (χ1) is 16.8. The lowest BCUT2D eigenvalue weighted by molar-refractivity contribution is 0.291. The van der Waals surface area contributed by atoms with Gasteiger partial charge in [-0.1, -0.05) is 27.7 Å². The number of benzene rings is 2. The molecule has 2 aromatic carbocycles. The number of phenols is 2. The number of aromatic nitrogens is 2. The van der Waals surface area contributed by atoms with Gasteiger partial charge in [0, 0.05) is 47.4 Å². The molecule has 0 saturated carbocycles. The molecule has 0 aliphatic heterocycles. The first-order valence-electron chi connectivity index (χ1n) is 12.3. The molecule has 0 bridgehead atoms. The van der Waals surface area contributed by atoms with E-state index in [-0.39, 0.29) is 11.5 Å². The summed E-state index contributed by atoms with van der Waals surface area (Å²) in [6.45, 7) is 15.4. The number of aromatic hydroxyl groups is 2. The Morgan fingerprint density at radius 3 is 1.66 bits per heavy atom. The highest BCUT2D eigenvalue weighted by Gasteiger charge is 2.11. The van der Waals surface area contributed by atoms with E-state index in [0.717, 1.165) is 54.4 Å². The third kappa shape index (κ3) is 7.31. The van der Waals surface area contributed by atoms with Crippen molar-refractivity contribution in [3.63, 3.8) is 0 Å². The number of aryl methyl sites for hydroxylation is 1. The minimum absolute atomic E-state index is 0.280. The Kier molecular flexibility index (Phi) is 9.28. The average molecular weight is 479 g/mol. The number of anilines is 4. The van der Waals surface area contributed by atoms with Gasteiger partial charge in [0.05, 0.1) is 0 Å². The lowest BCUT2D eigenvalue weighted by Gasteiger charge is -2.19. The molecule has 0 amide bonds. The second-order valence-corrected chi connectivity index (χ2v) is 8.58. The van der Waals surface area contributed by atoms with Gasteiger partial charge in [0.2, 0.25) is 5.95 Å². The molecule has 0 aliphatic rings. The summed E-state index contributed by atoms with van der Waals surface area (Å²) in [5, 5.41) is 27.2. The minimum Gasteiger partial charge on any atom is -0.508 e. The van der Waals surface area contributed by atoms with Crippen LogP contribution in [0.5, 0.6) is 11.5 Å². The van der Waals surface area contributed by atoms with Crippen LogP contribution in [-0.4, -0.2) is 56.2 Å². The molecule has 1 heterocycles. The van der Waals surface area contributed by atoms with Crippen molar-refractivity contribution in [1.82, 2.24) is 19.8 Å². The molecule has 0 fully saturated rings. The summed E-state index contributed by atoms with van der Waals surface area (Å²) in [5.41, 5.74) is 4.20. The lowest BCUT2D eigenvalue weighted by atomic mass is 10.1. The molecule has 0 unspecified atom stereocenters. The Morgan fingerprint density at radius 1 is 0.686 bits per heavy atom. The van der Waals surface area contributed by atoms with E-state index in [2.05, 4.69) is 58.1 Å². The largest absolute Gasteiger partial charge is 0.508 e. The van der Waals surface area contributed by atoms with Crippen LogP contribution in [0.1, 0.15) is 44.5 Å². The van der Waals surface area contributed by atoms with E-state index < -0.39 is 0 Å². The topological polar surface area (TPSA) is 96.8 Å². The predicted molar refractivity (Wildman–Crippen MR) is 143 cm³/mol. The van der Waals surface area contributed by atoms with Gasteiger partial charge in [-0.25, -0.2) is 4.98 Å². The summed E-state index contributed by atoms with van der Waals surface area (Å²) in [6, 6.07) is 12.8. The molecule has 0 saturated heterocycles. The van der Waals surface area contributed by atoms with Crippen LogP contribution < -0.4 is 10.6 Å². The van der Waals surface area contributed by atoms with Crippen molar-refractivity contribution in [2.75, 3.05) is 36.8 Å². The van der Waals surface area contributed by atoms with Crippen LogP contribution in [0.4, 0.5) is 23.1 Å². The summed E-state index contributed by atoms with van der Waals surface area (Å²) in [4.78, 5) is 13.7. The van der Waals surface area contributed by atoms with Crippen LogP contribution in [0.2, 0.25) is 0 Å². The van der Waals surface area contributed by atoms with Crippen molar-refractivity contribution < 1.29 is 10.2 Å². The van der Waals surface area contributed by atoms with Crippen molar-refractivity contribution in [1.29, 1.82) is 0 Å². The molecule has 0 atom stereocenters. The number of phenolic OH excluding ortho intramolecular Hbond substituents is 2. The van der Waals surface area contributed by atoms with E-state index in [1.807, 2.05) is 37.3 Å². The zero-order valence-corrected chi connectivity index (χ0v) is 21.5. The smallest absolute Gasteiger partial charge is 0.229 e. The van der Waals surface area contributed by atoms with Gasteiger partial charge in [-0.3, -0.25) is 9.80 Å². The van der Waals surface area contributed by atoms with Gasteiger partial charge >= 0.3 is 0 Å².